The molecule has 2 atom stereocenters. The van der Waals surface area contributed by atoms with E-state index in [2.05, 4.69) is 0 Å². The van der Waals surface area contributed by atoms with Gasteiger partial charge in [0.05, 0.1) is 21.8 Å². The largest absolute Gasteiger partial charge is 0.417 e. The van der Waals surface area contributed by atoms with Crippen molar-refractivity contribution < 1.29 is 26.7 Å². The smallest absolute Gasteiger partial charge is 0.392 e. The summed E-state index contributed by atoms with van der Waals surface area (Å²) in [5.41, 5.74) is -1.21. The minimum atomic E-state index is -4.75. The molecule has 3 nitrogen and oxygen atoms in total. The van der Waals surface area contributed by atoms with Crippen molar-refractivity contribution in [2.75, 3.05) is 0 Å². The van der Waals surface area contributed by atoms with E-state index < -0.39 is 37.8 Å². The molecule has 0 aliphatic carbocycles. The van der Waals surface area contributed by atoms with Crippen LogP contribution in [0.25, 0.3) is 0 Å². The molecule has 0 aliphatic rings. The van der Waals surface area contributed by atoms with E-state index in [-0.39, 0.29) is 0 Å². The Labute approximate surface area is 103 Å². The molecule has 0 saturated heterocycles. The number of rotatable bonds is 3. The van der Waals surface area contributed by atoms with E-state index in [1.165, 1.54) is 19.9 Å². The predicted molar refractivity (Wildman–Crippen MR) is 59.8 cm³/mol. The van der Waals surface area contributed by atoms with Crippen LogP contribution in [0.3, 0.4) is 0 Å². The Balaban J connectivity index is 3.43. The molecule has 0 spiro atoms. The molecule has 0 heterocycles. The molecule has 0 radical (unpaired) electrons. The molecule has 2 unspecified atom stereocenters. The van der Waals surface area contributed by atoms with Crippen LogP contribution in [-0.2, 0) is 16.0 Å². The fraction of sp³-hybridized carbons (Fsp3) is 0.455. The second-order valence-corrected chi connectivity index (χ2v) is 6.26. The van der Waals surface area contributed by atoms with Crippen LogP contribution in [0.1, 0.15) is 19.4 Å². The molecule has 7 heteroatoms. The number of alkyl halides is 3. The molecule has 1 N–H and O–H groups in total. The summed E-state index contributed by atoms with van der Waals surface area (Å²) in [5.74, 6) is 0. The highest BCUT2D eigenvalue weighted by Crippen LogP contribution is 2.35. The Morgan fingerprint density at radius 3 is 2.11 bits per heavy atom. The predicted octanol–water partition coefficient (Wildman–Crippen LogP) is 2.25. The second kappa shape index (κ2) is 4.89. The maximum Gasteiger partial charge on any atom is 0.417 e. The van der Waals surface area contributed by atoms with Crippen molar-refractivity contribution in [2.45, 2.75) is 36.3 Å². The van der Waals surface area contributed by atoms with Crippen LogP contribution < -0.4 is 0 Å². The van der Waals surface area contributed by atoms with E-state index in [1.54, 1.807) is 0 Å². The normalized spacial score (nSPS) is 16.3. The third-order valence-corrected chi connectivity index (χ3v) is 5.01. The van der Waals surface area contributed by atoms with Crippen molar-refractivity contribution in [3.63, 3.8) is 0 Å². The van der Waals surface area contributed by atoms with Crippen molar-refractivity contribution in [3.05, 3.63) is 29.8 Å². The molecular formula is C11H13F3O3S. The molecule has 0 fully saturated rings. The summed E-state index contributed by atoms with van der Waals surface area (Å²) in [7, 11) is -4.22. The highest BCUT2D eigenvalue weighted by Gasteiger charge is 2.39. The molecule has 1 rings (SSSR count). The lowest BCUT2D eigenvalue weighted by molar-refractivity contribution is -0.139. The van der Waals surface area contributed by atoms with Gasteiger partial charge in [-0.2, -0.15) is 13.2 Å². The maximum absolute atomic E-state index is 12.7. The van der Waals surface area contributed by atoms with E-state index in [4.69, 9.17) is 0 Å². The lowest BCUT2D eigenvalue weighted by atomic mass is 10.2. The summed E-state index contributed by atoms with van der Waals surface area (Å²) in [5, 5.41) is 7.95. The third kappa shape index (κ3) is 2.84. The number of benzene rings is 1. The molecule has 18 heavy (non-hydrogen) atoms. The standard InChI is InChI=1S/C11H13F3O3S/c1-7(15)8(2)18(16,17)10-6-4-3-5-9(10)11(12,13)14/h3-8,15H,1-2H3. The van der Waals surface area contributed by atoms with E-state index in [9.17, 15) is 26.7 Å². The quantitative estimate of drug-likeness (QED) is 0.925. The van der Waals surface area contributed by atoms with Gasteiger partial charge in [-0.25, -0.2) is 8.42 Å². The minimum Gasteiger partial charge on any atom is -0.392 e. The van der Waals surface area contributed by atoms with E-state index in [1.807, 2.05) is 0 Å². The van der Waals surface area contributed by atoms with E-state index >= 15 is 0 Å². The van der Waals surface area contributed by atoms with Crippen LogP contribution in [0.15, 0.2) is 29.2 Å². The van der Waals surface area contributed by atoms with E-state index in [0.717, 1.165) is 12.1 Å². The SMILES string of the molecule is CC(O)C(C)S(=O)(=O)c1ccccc1C(F)(F)F. The number of aliphatic hydroxyl groups excluding tert-OH is 1. The molecular weight excluding hydrogens is 269 g/mol. The van der Waals surface area contributed by atoms with Crippen molar-refractivity contribution in [3.8, 4) is 0 Å². The summed E-state index contributed by atoms with van der Waals surface area (Å²) in [6, 6.07) is 3.95. The molecule has 0 aromatic heterocycles. The van der Waals surface area contributed by atoms with Crippen molar-refractivity contribution in [2.24, 2.45) is 0 Å². The number of hydrogen-bond acceptors (Lipinski definition) is 3. The highest BCUT2D eigenvalue weighted by molar-refractivity contribution is 7.92. The van der Waals surface area contributed by atoms with Crippen molar-refractivity contribution >= 4 is 9.84 Å². The van der Waals surface area contributed by atoms with Crippen LogP contribution in [-0.4, -0.2) is 24.9 Å². The summed E-state index contributed by atoms with van der Waals surface area (Å²) in [4.78, 5) is -0.800. The first-order valence-electron chi connectivity index (χ1n) is 5.16. The number of sulfone groups is 1. The lowest BCUT2D eigenvalue weighted by Crippen LogP contribution is -2.30. The van der Waals surface area contributed by atoms with Gasteiger partial charge in [0.2, 0.25) is 0 Å². The fourth-order valence-corrected chi connectivity index (χ4v) is 3.09. The van der Waals surface area contributed by atoms with Crippen LogP contribution in [0, 0.1) is 0 Å². The van der Waals surface area contributed by atoms with Crippen LogP contribution in [0.5, 0.6) is 0 Å². The Bertz CT molecular complexity index is 521. The van der Waals surface area contributed by atoms with Gasteiger partial charge in [0.25, 0.3) is 0 Å². The van der Waals surface area contributed by atoms with Crippen LogP contribution in [0.2, 0.25) is 0 Å². The molecule has 0 bridgehead atoms. The van der Waals surface area contributed by atoms with Gasteiger partial charge in [-0.1, -0.05) is 12.1 Å². The Morgan fingerprint density at radius 1 is 1.17 bits per heavy atom. The van der Waals surface area contributed by atoms with Gasteiger partial charge >= 0.3 is 6.18 Å². The minimum absolute atomic E-state index is 0.710. The highest BCUT2D eigenvalue weighted by atomic mass is 32.2. The topological polar surface area (TPSA) is 54.4 Å². The molecule has 1 aromatic rings. The van der Waals surface area contributed by atoms with Crippen LogP contribution >= 0.6 is 0 Å². The van der Waals surface area contributed by atoms with Gasteiger partial charge in [0.1, 0.15) is 0 Å². The lowest BCUT2D eigenvalue weighted by Gasteiger charge is -2.19. The molecule has 0 amide bonds. The molecule has 0 aliphatic heterocycles. The fourth-order valence-electron chi connectivity index (χ4n) is 1.41. The Kier molecular flexibility index (Phi) is 4.07. The summed E-state index contributed by atoms with van der Waals surface area (Å²) < 4.78 is 62.1. The first kappa shape index (κ1) is 15.0. The summed E-state index contributed by atoms with van der Waals surface area (Å²) >= 11 is 0. The molecule has 1 aromatic carbocycles. The van der Waals surface area contributed by atoms with Gasteiger partial charge < -0.3 is 5.11 Å². The molecule has 0 saturated carbocycles. The van der Waals surface area contributed by atoms with Gasteiger partial charge in [-0.05, 0) is 26.0 Å². The zero-order valence-electron chi connectivity index (χ0n) is 9.77. The van der Waals surface area contributed by atoms with Crippen LogP contribution in [0.4, 0.5) is 13.2 Å². The first-order valence-corrected chi connectivity index (χ1v) is 6.71. The number of hydrogen-bond donors (Lipinski definition) is 1. The maximum atomic E-state index is 12.7. The summed E-state index contributed by atoms with van der Waals surface area (Å²) in [6.07, 6.45) is -6.00. The van der Waals surface area contributed by atoms with E-state index in [0.29, 0.717) is 6.07 Å². The van der Waals surface area contributed by atoms with Gasteiger partial charge in [0, 0.05) is 0 Å². The monoisotopic (exact) mass is 282 g/mol. The zero-order chi connectivity index (χ0) is 14.1. The number of aliphatic hydroxyl groups is 1. The van der Waals surface area contributed by atoms with Gasteiger partial charge in [0.15, 0.2) is 9.84 Å². The first-order chi connectivity index (χ1) is 8.08. The summed E-state index contributed by atoms with van der Waals surface area (Å²) in [6.45, 7) is 2.39. The second-order valence-electron chi connectivity index (χ2n) is 3.98. The van der Waals surface area contributed by atoms with Gasteiger partial charge in [-0.3, -0.25) is 0 Å². The van der Waals surface area contributed by atoms with Gasteiger partial charge in [-0.15, -0.1) is 0 Å². The average molecular weight is 282 g/mol. The molecule has 102 valence electrons. The Morgan fingerprint density at radius 2 is 1.67 bits per heavy atom. The average Bonchev–Trinajstić information content (AvgIpc) is 2.26. The van der Waals surface area contributed by atoms with Crippen molar-refractivity contribution in [1.82, 2.24) is 0 Å². The number of halogens is 3. The zero-order valence-corrected chi connectivity index (χ0v) is 10.6. The van der Waals surface area contributed by atoms with Crippen molar-refractivity contribution in [1.29, 1.82) is 0 Å². The Hall–Kier alpha value is -1.08. The third-order valence-electron chi connectivity index (χ3n) is 2.67.